The fraction of sp³-hybridized carbons (Fsp3) is 0.417. The zero-order chi connectivity index (χ0) is 10.7. The number of anilines is 1. The van der Waals surface area contributed by atoms with Crippen LogP contribution in [0.15, 0.2) is 18.2 Å². The van der Waals surface area contributed by atoms with Crippen molar-refractivity contribution in [1.82, 2.24) is 5.32 Å². The van der Waals surface area contributed by atoms with E-state index in [1.807, 2.05) is 12.1 Å². The van der Waals surface area contributed by atoms with Crippen LogP contribution in [-0.2, 0) is 0 Å². The Labute approximate surface area is 90.1 Å². The number of carbonyl (C=O) groups is 1. The van der Waals surface area contributed by atoms with Crippen LogP contribution < -0.4 is 10.2 Å². The van der Waals surface area contributed by atoms with E-state index in [1.54, 1.807) is 0 Å². The van der Waals surface area contributed by atoms with E-state index in [2.05, 4.69) is 23.2 Å². The molecule has 80 valence electrons. The molecule has 1 aliphatic rings. The highest BCUT2D eigenvalue weighted by Gasteiger charge is 2.15. The molecule has 0 unspecified atom stereocenters. The molecule has 0 aliphatic carbocycles. The number of piperazine rings is 1. The van der Waals surface area contributed by atoms with E-state index in [4.69, 9.17) is 0 Å². The largest absolute Gasteiger partial charge is 0.368 e. The molecule has 0 saturated carbocycles. The Balaban J connectivity index is 2.35. The minimum absolute atomic E-state index is 0.803. The molecule has 2 rings (SSSR count). The average molecular weight is 204 g/mol. The molecule has 0 aromatic heterocycles. The van der Waals surface area contributed by atoms with Crippen molar-refractivity contribution in [2.45, 2.75) is 6.92 Å². The summed E-state index contributed by atoms with van der Waals surface area (Å²) in [5.41, 5.74) is 3.09. The van der Waals surface area contributed by atoms with Crippen LogP contribution in [0.5, 0.6) is 0 Å². The van der Waals surface area contributed by atoms with Crippen LogP contribution in [0.25, 0.3) is 0 Å². The highest BCUT2D eigenvalue weighted by Crippen LogP contribution is 2.24. The SMILES string of the molecule is Cc1cccc(C=O)c1N1CCNCC1. The van der Waals surface area contributed by atoms with Crippen LogP contribution >= 0.6 is 0 Å². The summed E-state index contributed by atoms with van der Waals surface area (Å²) in [5, 5.41) is 3.31. The molecule has 0 bridgehead atoms. The topological polar surface area (TPSA) is 32.3 Å². The van der Waals surface area contributed by atoms with E-state index in [-0.39, 0.29) is 0 Å². The minimum Gasteiger partial charge on any atom is -0.368 e. The standard InChI is InChI=1S/C12H16N2O/c1-10-3-2-4-11(9-15)12(10)14-7-5-13-6-8-14/h2-4,9,13H,5-8H2,1H3. The Morgan fingerprint density at radius 3 is 2.73 bits per heavy atom. The van der Waals surface area contributed by atoms with Crippen molar-refractivity contribution in [2.24, 2.45) is 0 Å². The number of aryl methyl sites for hydroxylation is 1. The Morgan fingerprint density at radius 2 is 2.07 bits per heavy atom. The van der Waals surface area contributed by atoms with Crippen molar-refractivity contribution in [2.75, 3.05) is 31.1 Å². The van der Waals surface area contributed by atoms with Gasteiger partial charge < -0.3 is 10.2 Å². The van der Waals surface area contributed by atoms with Gasteiger partial charge in [-0.1, -0.05) is 12.1 Å². The summed E-state index contributed by atoms with van der Waals surface area (Å²) in [5.74, 6) is 0. The van der Waals surface area contributed by atoms with Crippen molar-refractivity contribution in [3.8, 4) is 0 Å². The molecule has 0 radical (unpaired) electrons. The average Bonchev–Trinajstić information content (AvgIpc) is 2.29. The van der Waals surface area contributed by atoms with E-state index in [1.165, 1.54) is 5.56 Å². The summed E-state index contributed by atoms with van der Waals surface area (Å²) in [6.45, 7) is 6.00. The predicted molar refractivity (Wildman–Crippen MR) is 61.6 cm³/mol. The lowest BCUT2D eigenvalue weighted by molar-refractivity contribution is 0.112. The third-order valence-corrected chi connectivity index (χ3v) is 2.83. The summed E-state index contributed by atoms with van der Waals surface area (Å²) >= 11 is 0. The summed E-state index contributed by atoms with van der Waals surface area (Å²) in [4.78, 5) is 13.3. The molecule has 0 amide bonds. The molecule has 15 heavy (non-hydrogen) atoms. The maximum atomic E-state index is 11.0. The second kappa shape index (κ2) is 4.45. The monoisotopic (exact) mass is 204 g/mol. The number of rotatable bonds is 2. The van der Waals surface area contributed by atoms with Gasteiger partial charge in [-0.25, -0.2) is 0 Å². The van der Waals surface area contributed by atoms with Gasteiger partial charge in [-0.05, 0) is 18.6 Å². The summed E-state index contributed by atoms with van der Waals surface area (Å²) in [6.07, 6.45) is 0.949. The van der Waals surface area contributed by atoms with Gasteiger partial charge in [-0.15, -0.1) is 0 Å². The summed E-state index contributed by atoms with van der Waals surface area (Å²) < 4.78 is 0. The Hall–Kier alpha value is -1.35. The van der Waals surface area contributed by atoms with Gasteiger partial charge in [0.15, 0.2) is 6.29 Å². The van der Waals surface area contributed by atoms with E-state index in [9.17, 15) is 4.79 Å². The molecule has 1 aliphatic heterocycles. The van der Waals surface area contributed by atoms with Gasteiger partial charge in [0.2, 0.25) is 0 Å². The van der Waals surface area contributed by atoms with Crippen LogP contribution in [0.2, 0.25) is 0 Å². The van der Waals surface area contributed by atoms with Gasteiger partial charge in [-0.3, -0.25) is 4.79 Å². The lowest BCUT2D eigenvalue weighted by Gasteiger charge is -2.31. The van der Waals surface area contributed by atoms with Crippen molar-refractivity contribution < 1.29 is 4.79 Å². The second-order valence-electron chi connectivity index (χ2n) is 3.87. The normalized spacial score (nSPS) is 16.5. The van der Waals surface area contributed by atoms with Crippen LogP contribution in [0.3, 0.4) is 0 Å². The van der Waals surface area contributed by atoms with E-state index >= 15 is 0 Å². The third kappa shape index (κ3) is 2.02. The lowest BCUT2D eigenvalue weighted by atomic mass is 10.1. The predicted octanol–water partition coefficient (Wildman–Crippen LogP) is 1.22. The molecular weight excluding hydrogens is 188 g/mol. The molecule has 3 heteroatoms. The van der Waals surface area contributed by atoms with E-state index in [0.717, 1.165) is 43.7 Å². The van der Waals surface area contributed by atoms with Crippen molar-refractivity contribution in [3.05, 3.63) is 29.3 Å². The molecule has 0 atom stereocenters. The molecule has 1 fully saturated rings. The van der Waals surface area contributed by atoms with Gasteiger partial charge in [0.1, 0.15) is 0 Å². The molecule has 1 aromatic rings. The Bertz CT molecular complexity index is 357. The Kier molecular flexibility index (Phi) is 3.02. The highest BCUT2D eigenvalue weighted by atomic mass is 16.1. The summed E-state index contributed by atoms with van der Waals surface area (Å²) in [6, 6.07) is 5.88. The van der Waals surface area contributed by atoms with Gasteiger partial charge in [0.25, 0.3) is 0 Å². The lowest BCUT2D eigenvalue weighted by Crippen LogP contribution is -2.44. The van der Waals surface area contributed by atoms with E-state index < -0.39 is 0 Å². The van der Waals surface area contributed by atoms with E-state index in [0.29, 0.717) is 0 Å². The zero-order valence-corrected chi connectivity index (χ0v) is 8.99. The number of hydrogen-bond donors (Lipinski definition) is 1. The number of carbonyl (C=O) groups excluding carboxylic acids is 1. The van der Waals surface area contributed by atoms with Gasteiger partial charge >= 0.3 is 0 Å². The fourth-order valence-corrected chi connectivity index (χ4v) is 2.10. The third-order valence-electron chi connectivity index (χ3n) is 2.83. The zero-order valence-electron chi connectivity index (χ0n) is 8.99. The molecule has 1 heterocycles. The fourth-order valence-electron chi connectivity index (χ4n) is 2.10. The number of hydrogen-bond acceptors (Lipinski definition) is 3. The maximum Gasteiger partial charge on any atom is 0.152 e. The molecule has 0 spiro atoms. The summed E-state index contributed by atoms with van der Waals surface area (Å²) in [7, 11) is 0. The highest BCUT2D eigenvalue weighted by molar-refractivity contribution is 5.86. The van der Waals surface area contributed by atoms with Crippen LogP contribution in [0, 0.1) is 6.92 Å². The first-order valence-corrected chi connectivity index (χ1v) is 5.33. The number of nitrogens with one attached hydrogen (secondary N) is 1. The molecule has 3 nitrogen and oxygen atoms in total. The molecular formula is C12H16N2O. The Morgan fingerprint density at radius 1 is 1.33 bits per heavy atom. The van der Waals surface area contributed by atoms with Crippen molar-refractivity contribution >= 4 is 12.0 Å². The first kappa shape index (κ1) is 10.2. The van der Waals surface area contributed by atoms with Gasteiger partial charge in [-0.2, -0.15) is 0 Å². The van der Waals surface area contributed by atoms with Gasteiger partial charge in [0, 0.05) is 31.7 Å². The number of aldehydes is 1. The smallest absolute Gasteiger partial charge is 0.152 e. The first-order valence-electron chi connectivity index (χ1n) is 5.33. The minimum atomic E-state index is 0.803. The number of nitrogens with zero attached hydrogens (tertiary/aromatic N) is 1. The second-order valence-corrected chi connectivity index (χ2v) is 3.87. The van der Waals surface area contributed by atoms with Gasteiger partial charge in [0.05, 0.1) is 5.69 Å². The first-order chi connectivity index (χ1) is 7.33. The van der Waals surface area contributed by atoms with Crippen LogP contribution in [-0.4, -0.2) is 32.5 Å². The maximum absolute atomic E-state index is 11.0. The number of para-hydroxylation sites is 1. The van der Waals surface area contributed by atoms with Crippen LogP contribution in [0.1, 0.15) is 15.9 Å². The molecule has 1 N–H and O–H groups in total. The van der Waals surface area contributed by atoms with Crippen LogP contribution in [0.4, 0.5) is 5.69 Å². The molecule has 1 aromatic carbocycles. The van der Waals surface area contributed by atoms with Crippen molar-refractivity contribution in [3.63, 3.8) is 0 Å². The molecule has 1 saturated heterocycles. The quantitative estimate of drug-likeness (QED) is 0.735. The number of benzene rings is 1. The van der Waals surface area contributed by atoms with Crippen molar-refractivity contribution in [1.29, 1.82) is 0 Å².